The first-order valence-electron chi connectivity index (χ1n) is 8.56. The largest absolute Gasteiger partial charge is 0.349 e. The molecule has 3 N–H and O–H groups in total. The maximum atomic E-state index is 13.1. The Hall–Kier alpha value is -3.25. The minimum absolute atomic E-state index is 0.176. The van der Waals surface area contributed by atoms with Gasteiger partial charge in [0.2, 0.25) is 0 Å². The minimum Gasteiger partial charge on any atom is -0.349 e. The highest BCUT2D eigenvalue weighted by molar-refractivity contribution is 6.24. The Labute approximate surface area is 156 Å². The molecule has 0 aliphatic heterocycles. The molecule has 0 radical (unpaired) electrons. The summed E-state index contributed by atoms with van der Waals surface area (Å²) in [5.41, 5.74) is 4.18. The summed E-state index contributed by atoms with van der Waals surface area (Å²) >= 11 is 0. The zero-order chi connectivity index (χ0) is 19.2. The number of carbonyl (C=O) groups is 2. The Morgan fingerprint density at radius 1 is 1.00 bits per heavy atom. The zero-order valence-electron chi connectivity index (χ0n) is 14.5. The molecule has 138 valence electrons. The Morgan fingerprint density at radius 2 is 1.63 bits per heavy atom. The molecule has 27 heavy (non-hydrogen) atoms. The molecule has 1 saturated carbocycles. The normalized spacial score (nSPS) is 14.2. The van der Waals surface area contributed by atoms with Crippen LogP contribution in [0.5, 0.6) is 0 Å². The van der Waals surface area contributed by atoms with Gasteiger partial charge in [-0.15, -0.1) is 0 Å². The first-order valence-corrected chi connectivity index (χ1v) is 8.56. The van der Waals surface area contributed by atoms with Crippen LogP contribution in [0.3, 0.4) is 0 Å². The summed E-state index contributed by atoms with van der Waals surface area (Å²) in [6.45, 7) is 0. The van der Waals surface area contributed by atoms with Gasteiger partial charge in [0.05, 0.1) is 0 Å². The number of hydrogen-bond acceptors (Lipinski definition) is 3. The fraction of sp³-hybridized carbons (Fsp3) is 0.143. The molecular weight excluding hydrogens is 347 g/mol. The minimum atomic E-state index is -0.625. The first-order chi connectivity index (χ1) is 13.0. The van der Waals surface area contributed by atoms with Crippen molar-refractivity contribution in [2.45, 2.75) is 18.9 Å². The van der Waals surface area contributed by atoms with Gasteiger partial charge in [-0.25, -0.2) is 9.87 Å². The van der Waals surface area contributed by atoms with Crippen molar-refractivity contribution in [1.29, 1.82) is 0 Å². The second-order valence-electron chi connectivity index (χ2n) is 6.29. The lowest BCUT2D eigenvalue weighted by Crippen LogP contribution is -2.26. The van der Waals surface area contributed by atoms with E-state index in [0.717, 1.165) is 24.0 Å². The van der Waals surface area contributed by atoms with E-state index >= 15 is 0 Å². The first kappa shape index (κ1) is 18.5. The predicted octanol–water partition coefficient (Wildman–Crippen LogP) is 3.16. The molecule has 0 spiro atoms. The molecule has 1 aliphatic carbocycles. The van der Waals surface area contributed by atoms with Crippen LogP contribution in [0.25, 0.3) is 17.7 Å². The zero-order valence-corrected chi connectivity index (χ0v) is 14.5. The number of amides is 2. The number of benzene rings is 2. The third-order valence-corrected chi connectivity index (χ3v) is 4.10. The lowest BCUT2D eigenvalue weighted by molar-refractivity contribution is -0.124. The van der Waals surface area contributed by atoms with E-state index in [4.69, 9.17) is 5.21 Å². The second-order valence-corrected chi connectivity index (χ2v) is 6.29. The van der Waals surface area contributed by atoms with Gasteiger partial charge in [-0.1, -0.05) is 36.4 Å². The number of hydroxylamine groups is 1. The number of carbonyl (C=O) groups excluding carboxylic acids is 2. The second kappa shape index (κ2) is 8.42. The summed E-state index contributed by atoms with van der Waals surface area (Å²) in [5, 5.41) is 11.5. The van der Waals surface area contributed by atoms with Gasteiger partial charge in [0.1, 0.15) is 5.82 Å². The Morgan fingerprint density at radius 3 is 2.22 bits per heavy atom. The molecule has 0 atom stereocenters. The van der Waals surface area contributed by atoms with Gasteiger partial charge < -0.3 is 5.32 Å². The van der Waals surface area contributed by atoms with Crippen molar-refractivity contribution in [1.82, 2.24) is 10.8 Å². The van der Waals surface area contributed by atoms with E-state index in [1.165, 1.54) is 23.7 Å². The van der Waals surface area contributed by atoms with E-state index in [9.17, 15) is 14.0 Å². The van der Waals surface area contributed by atoms with Gasteiger partial charge >= 0.3 is 0 Å². The van der Waals surface area contributed by atoms with Gasteiger partial charge in [0.25, 0.3) is 11.8 Å². The van der Waals surface area contributed by atoms with Crippen LogP contribution in [-0.2, 0) is 9.59 Å². The van der Waals surface area contributed by atoms with Gasteiger partial charge in [-0.05, 0) is 53.8 Å². The number of nitrogens with one attached hydrogen (secondary N) is 2. The van der Waals surface area contributed by atoms with E-state index in [0.29, 0.717) is 11.1 Å². The molecule has 2 amide bonds. The highest BCUT2D eigenvalue weighted by atomic mass is 19.1. The van der Waals surface area contributed by atoms with E-state index < -0.39 is 5.91 Å². The maximum absolute atomic E-state index is 13.1. The van der Waals surface area contributed by atoms with Gasteiger partial charge in [0, 0.05) is 17.7 Å². The fourth-order valence-electron chi connectivity index (χ4n) is 2.48. The van der Waals surface area contributed by atoms with Crippen LogP contribution in [0.2, 0.25) is 0 Å². The van der Waals surface area contributed by atoms with Crippen LogP contribution in [0.1, 0.15) is 29.5 Å². The highest BCUT2D eigenvalue weighted by Gasteiger charge is 2.25. The maximum Gasteiger partial charge on any atom is 0.267 e. The van der Waals surface area contributed by atoms with E-state index in [-0.39, 0.29) is 17.8 Å². The SMILES string of the molecule is O=C(/C=C/c1ccc(/C(=C\c2ccc(F)cc2)C(=O)NC2CC2)cc1)NO. The molecule has 0 aromatic heterocycles. The van der Waals surface area contributed by atoms with Crippen molar-refractivity contribution in [3.63, 3.8) is 0 Å². The van der Waals surface area contributed by atoms with Crippen LogP contribution in [0, 0.1) is 5.82 Å². The molecule has 2 aromatic carbocycles. The Kier molecular flexibility index (Phi) is 5.78. The Bertz CT molecular complexity index is 883. The monoisotopic (exact) mass is 366 g/mol. The standard InChI is InChI=1S/C21H19FN2O3/c22-17-8-3-15(4-9-17)13-19(21(26)23-18-10-11-18)16-6-1-14(2-7-16)5-12-20(25)24-27/h1-9,12-13,18,27H,10-11H2,(H,23,26)(H,24,25)/b12-5+,19-13+. The summed E-state index contributed by atoms with van der Waals surface area (Å²) < 4.78 is 13.1. The van der Waals surface area contributed by atoms with E-state index in [2.05, 4.69) is 5.32 Å². The van der Waals surface area contributed by atoms with Crippen molar-refractivity contribution in [3.05, 3.63) is 77.1 Å². The summed E-state index contributed by atoms with van der Waals surface area (Å²) in [6, 6.07) is 13.2. The highest BCUT2D eigenvalue weighted by Crippen LogP contribution is 2.24. The number of halogens is 1. The van der Waals surface area contributed by atoms with Gasteiger partial charge in [0.15, 0.2) is 0 Å². The molecule has 5 nitrogen and oxygen atoms in total. The third kappa shape index (κ3) is 5.36. The quantitative estimate of drug-likeness (QED) is 0.318. The third-order valence-electron chi connectivity index (χ3n) is 4.10. The molecule has 2 aromatic rings. The lowest BCUT2D eigenvalue weighted by atomic mass is 10.00. The van der Waals surface area contributed by atoms with Crippen LogP contribution >= 0.6 is 0 Å². The summed E-state index contributed by atoms with van der Waals surface area (Å²) in [5.74, 6) is -1.14. The van der Waals surface area contributed by atoms with Crippen LogP contribution < -0.4 is 10.8 Å². The summed E-state index contributed by atoms with van der Waals surface area (Å²) in [6.07, 6.45) is 6.42. The number of rotatable bonds is 6. The van der Waals surface area contributed by atoms with Crippen molar-refractivity contribution in [2.75, 3.05) is 0 Å². The van der Waals surface area contributed by atoms with Crippen LogP contribution in [-0.4, -0.2) is 23.1 Å². The van der Waals surface area contributed by atoms with E-state index in [1.807, 2.05) is 0 Å². The molecule has 3 rings (SSSR count). The summed E-state index contributed by atoms with van der Waals surface area (Å²) in [4.78, 5) is 23.7. The van der Waals surface area contributed by atoms with Crippen molar-refractivity contribution in [2.24, 2.45) is 0 Å². The topological polar surface area (TPSA) is 78.4 Å². The lowest BCUT2D eigenvalue weighted by Gasteiger charge is -2.10. The molecule has 6 heteroatoms. The van der Waals surface area contributed by atoms with Crippen molar-refractivity contribution in [3.8, 4) is 0 Å². The average Bonchev–Trinajstić information content (AvgIpc) is 3.50. The molecule has 0 unspecified atom stereocenters. The van der Waals surface area contributed by atoms with Crippen LogP contribution in [0.4, 0.5) is 4.39 Å². The number of hydrogen-bond donors (Lipinski definition) is 3. The summed E-state index contributed by atoms with van der Waals surface area (Å²) in [7, 11) is 0. The van der Waals surface area contributed by atoms with Gasteiger partial charge in [-0.2, -0.15) is 0 Å². The van der Waals surface area contributed by atoms with Crippen molar-refractivity contribution < 1.29 is 19.2 Å². The van der Waals surface area contributed by atoms with Crippen molar-refractivity contribution >= 4 is 29.5 Å². The molecule has 0 saturated heterocycles. The van der Waals surface area contributed by atoms with Gasteiger partial charge in [-0.3, -0.25) is 14.8 Å². The molecule has 1 aliphatic rings. The molecule has 1 fully saturated rings. The average molecular weight is 366 g/mol. The van der Waals surface area contributed by atoms with E-state index in [1.54, 1.807) is 48.6 Å². The Balaban J connectivity index is 1.87. The smallest absolute Gasteiger partial charge is 0.267 e. The molecule has 0 heterocycles. The van der Waals surface area contributed by atoms with Crippen LogP contribution in [0.15, 0.2) is 54.6 Å². The molecule has 0 bridgehead atoms. The fourth-order valence-corrected chi connectivity index (χ4v) is 2.48. The predicted molar refractivity (Wildman–Crippen MR) is 101 cm³/mol. The molecular formula is C21H19FN2O3.